The van der Waals surface area contributed by atoms with Crippen molar-refractivity contribution in [1.29, 1.82) is 0 Å². The highest BCUT2D eigenvalue weighted by Crippen LogP contribution is 2.23. The third-order valence-corrected chi connectivity index (χ3v) is 6.24. The molecule has 1 N–H and O–H groups in total. The summed E-state index contributed by atoms with van der Waals surface area (Å²) in [7, 11) is 0. The number of hydrogen-bond acceptors (Lipinski definition) is 7. The molecule has 0 radical (unpaired) electrons. The normalized spacial score (nSPS) is 19.0. The molecule has 2 fully saturated rings. The number of ether oxygens (including phenoxy) is 2. The first-order chi connectivity index (χ1) is 16.7. The SMILES string of the molecule is CC(C)(C)OC(=O)N1CCC(COc2cnc(-c3ccc(C(=O)N4CCC(O)C4)cc3)cn2)CC1. The van der Waals surface area contributed by atoms with Crippen molar-refractivity contribution >= 4 is 12.0 Å². The fourth-order valence-electron chi connectivity index (χ4n) is 4.24. The van der Waals surface area contributed by atoms with Crippen LogP contribution in [-0.2, 0) is 4.74 Å². The molecule has 1 atom stereocenters. The average molecular weight is 483 g/mol. The Morgan fingerprint density at radius 3 is 2.26 bits per heavy atom. The van der Waals surface area contributed by atoms with E-state index in [4.69, 9.17) is 9.47 Å². The molecular weight excluding hydrogens is 448 g/mol. The predicted molar refractivity (Wildman–Crippen MR) is 130 cm³/mol. The number of hydrogen-bond donors (Lipinski definition) is 1. The van der Waals surface area contributed by atoms with Crippen LogP contribution in [0.5, 0.6) is 5.88 Å². The molecule has 9 nitrogen and oxygen atoms in total. The molecule has 0 spiro atoms. The second-order valence-electron chi connectivity index (χ2n) is 10.2. The molecule has 0 saturated carbocycles. The van der Waals surface area contributed by atoms with Crippen molar-refractivity contribution in [3.05, 3.63) is 42.2 Å². The van der Waals surface area contributed by atoms with Crippen molar-refractivity contribution < 1.29 is 24.2 Å². The van der Waals surface area contributed by atoms with Crippen molar-refractivity contribution in [3.63, 3.8) is 0 Å². The molecule has 0 aliphatic carbocycles. The van der Waals surface area contributed by atoms with E-state index in [0.717, 1.165) is 18.4 Å². The van der Waals surface area contributed by atoms with Crippen LogP contribution in [0.25, 0.3) is 11.3 Å². The highest BCUT2D eigenvalue weighted by molar-refractivity contribution is 5.94. The molecule has 2 aliphatic rings. The van der Waals surface area contributed by atoms with Crippen LogP contribution in [0, 0.1) is 5.92 Å². The van der Waals surface area contributed by atoms with E-state index in [9.17, 15) is 14.7 Å². The van der Waals surface area contributed by atoms with E-state index in [2.05, 4.69) is 9.97 Å². The maximum Gasteiger partial charge on any atom is 0.410 e. The summed E-state index contributed by atoms with van der Waals surface area (Å²) in [4.78, 5) is 37.0. The first-order valence-corrected chi connectivity index (χ1v) is 12.2. The molecule has 2 aliphatic heterocycles. The van der Waals surface area contributed by atoms with Crippen LogP contribution in [-0.4, -0.2) is 81.4 Å². The van der Waals surface area contributed by atoms with Crippen molar-refractivity contribution in [2.24, 2.45) is 5.92 Å². The number of rotatable bonds is 5. The van der Waals surface area contributed by atoms with Gasteiger partial charge in [0.05, 0.1) is 30.8 Å². The molecule has 1 aromatic carbocycles. The van der Waals surface area contributed by atoms with E-state index in [1.165, 1.54) is 0 Å². The second kappa shape index (κ2) is 10.6. The lowest BCUT2D eigenvalue weighted by atomic mass is 9.98. The van der Waals surface area contributed by atoms with Gasteiger partial charge in [-0.05, 0) is 58.1 Å². The number of β-amino-alcohol motifs (C(OH)–C–C–N with tert-alkyl or cyclic N) is 1. The van der Waals surface area contributed by atoms with E-state index in [0.29, 0.717) is 62.3 Å². The van der Waals surface area contributed by atoms with Gasteiger partial charge in [-0.25, -0.2) is 14.8 Å². The van der Waals surface area contributed by atoms with Gasteiger partial charge < -0.3 is 24.4 Å². The molecule has 1 unspecified atom stereocenters. The summed E-state index contributed by atoms with van der Waals surface area (Å²) < 4.78 is 11.3. The molecule has 2 amide bonds. The number of likely N-dealkylation sites (tertiary alicyclic amines) is 2. The van der Waals surface area contributed by atoms with Crippen molar-refractivity contribution in [2.75, 3.05) is 32.8 Å². The maximum atomic E-state index is 12.5. The van der Waals surface area contributed by atoms with Gasteiger partial charge in [0.1, 0.15) is 5.60 Å². The minimum atomic E-state index is -0.487. The van der Waals surface area contributed by atoms with E-state index in [1.807, 2.05) is 32.9 Å². The number of nitrogens with zero attached hydrogens (tertiary/aromatic N) is 4. The molecule has 35 heavy (non-hydrogen) atoms. The molecule has 2 saturated heterocycles. The minimum Gasteiger partial charge on any atom is -0.476 e. The number of aliphatic hydroxyl groups is 1. The first kappa shape index (κ1) is 24.9. The van der Waals surface area contributed by atoms with Crippen LogP contribution >= 0.6 is 0 Å². The molecule has 1 aromatic heterocycles. The zero-order chi connectivity index (χ0) is 25.0. The number of amides is 2. The van der Waals surface area contributed by atoms with Gasteiger partial charge in [0.2, 0.25) is 5.88 Å². The number of piperidine rings is 1. The Morgan fingerprint density at radius 2 is 1.69 bits per heavy atom. The van der Waals surface area contributed by atoms with Crippen LogP contribution < -0.4 is 4.74 Å². The molecule has 0 bridgehead atoms. The summed E-state index contributed by atoms with van der Waals surface area (Å²) in [5.41, 5.74) is 1.66. The van der Waals surface area contributed by atoms with Gasteiger partial charge in [0, 0.05) is 37.3 Å². The molecule has 188 valence electrons. The highest BCUT2D eigenvalue weighted by atomic mass is 16.6. The van der Waals surface area contributed by atoms with E-state index < -0.39 is 11.7 Å². The molecule has 4 rings (SSSR count). The van der Waals surface area contributed by atoms with Crippen LogP contribution in [0.2, 0.25) is 0 Å². The standard InChI is InChI=1S/C26H34N4O5/c1-26(2,3)35-25(33)29-11-8-18(9-12-29)17-34-23-15-27-22(14-28-23)19-4-6-20(7-5-19)24(32)30-13-10-21(31)16-30/h4-7,14-15,18,21,31H,8-13,16-17H2,1-3H3. The summed E-state index contributed by atoms with van der Waals surface area (Å²) >= 11 is 0. The number of aliphatic hydroxyl groups excluding tert-OH is 1. The third-order valence-electron chi connectivity index (χ3n) is 6.24. The zero-order valence-corrected chi connectivity index (χ0v) is 20.6. The van der Waals surface area contributed by atoms with Gasteiger partial charge >= 0.3 is 6.09 Å². The van der Waals surface area contributed by atoms with Gasteiger partial charge in [0.25, 0.3) is 5.91 Å². The topological polar surface area (TPSA) is 105 Å². The number of carbonyl (C=O) groups is 2. The van der Waals surface area contributed by atoms with Gasteiger partial charge in [-0.2, -0.15) is 0 Å². The fraction of sp³-hybridized carbons (Fsp3) is 0.538. The minimum absolute atomic E-state index is 0.0696. The van der Waals surface area contributed by atoms with Crippen molar-refractivity contribution in [1.82, 2.24) is 19.8 Å². The Hall–Kier alpha value is -3.20. The summed E-state index contributed by atoms with van der Waals surface area (Å²) in [5, 5.41) is 9.65. The lowest BCUT2D eigenvalue weighted by molar-refractivity contribution is 0.0164. The summed E-state index contributed by atoms with van der Waals surface area (Å²) in [5.74, 6) is 0.736. The van der Waals surface area contributed by atoms with Crippen molar-refractivity contribution in [3.8, 4) is 17.1 Å². The lowest BCUT2D eigenvalue weighted by Gasteiger charge is -2.33. The Morgan fingerprint density at radius 1 is 1.00 bits per heavy atom. The largest absolute Gasteiger partial charge is 0.476 e. The molecule has 2 aromatic rings. The summed E-state index contributed by atoms with van der Waals surface area (Å²) in [6.07, 6.45) is 4.91. The number of carbonyl (C=O) groups excluding carboxylic acids is 2. The Kier molecular flexibility index (Phi) is 7.54. The third kappa shape index (κ3) is 6.69. The Balaban J connectivity index is 1.24. The number of benzene rings is 1. The quantitative estimate of drug-likeness (QED) is 0.697. The maximum absolute atomic E-state index is 12.5. The molecular formula is C26H34N4O5. The van der Waals surface area contributed by atoms with Gasteiger partial charge in [-0.15, -0.1) is 0 Å². The van der Waals surface area contributed by atoms with Gasteiger partial charge in [-0.3, -0.25) is 4.79 Å². The second-order valence-corrected chi connectivity index (χ2v) is 10.2. The van der Waals surface area contributed by atoms with Crippen LogP contribution in [0.1, 0.15) is 50.4 Å². The van der Waals surface area contributed by atoms with Gasteiger partial charge in [-0.1, -0.05) is 12.1 Å². The smallest absolute Gasteiger partial charge is 0.410 e. The Bertz CT molecular complexity index is 1010. The molecule has 9 heteroatoms. The monoisotopic (exact) mass is 482 g/mol. The summed E-state index contributed by atoms with van der Waals surface area (Å²) in [6.45, 7) is 8.42. The zero-order valence-electron chi connectivity index (χ0n) is 20.6. The Labute approximate surface area is 206 Å². The van der Waals surface area contributed by atoms with Crippen LogP contribution in [0.15, 0.2) is 36.7 Å². The van der Waals surface area contributed by atoms with E-state index >= 15 is 0 Å². The summed E-state index contributed by atoms with van der Waals surface area (Å²) in [6, 6.07) is 7.25. The van der Waals surface area contributed by atoms with Gasteiger partial charge in [0.15, 0.2) is 0 Å². The number of aromatic nitrogens is 2. The molecule has 3 heterocycles. The van der Waals surface area contributed by atoms with E-state index in [1.54, 1.807) is 34.3 Å². The van der Waals surface area contributed by atoms with E-state index in [-0.39, 0.29) is 12.0 Å². The predicted octanol–water partition coefficient (Wildman–Crippen LogP) is 3.38. The lowest BCUT2D eigenvalue weighted by Crippen LogP contribution is -2.42. The van der Waals surface area contributed by atoms with Crippen molar-refractivity contribution in [2.45, 2.75) is 51.7 Å². The van der Waals surface area contributed by atoms with Crippen LogP contribution in [0.3, 0.4) is 0 Å². The fourth-order valence-corrected chi connectivity index (χ4v) is 4.24. The first-order valence-electron chi connectivity index (χ1n) is 12.2. The average Bonchev–Trinajstić information content (AvgIpc) is 3.28. The van der Waals surface area contributed by atoms with Crippen LogP contribution in [0.4, 0.5) is 4.79 Å². The highest BCUT2D eigenvalue weighted by Gasteiger charge is 2.27.